The number of ketones is 1. The van der Waals surface area contributed by atoms with Crippen molar-refractivity contribution in [3.05, 3.63) is 68.4 Å². The van der Waals surface area contributed by atoms with E-state index in [0.29, 0.717) is 26.7 Å². The highest BCUT2D eigenvalue weighted by Crippen LogP contribution is 2.34. The van der Waals surface area contributed by atoms with E-state index in [1.165, 1.54) is 58.4 Å². The lowest BCUT2D eigenvalue weighted by Crippen LogP contribution is -2.53. The van der Waals surface area contributed by atoms with Crippen LogP contribution in [-0.2, 0) is 21.6 Å². The summed E-state index contributed by atoms with van der Waals surface area (Å²) in [5, 5.41) is 9.26. The number of rotatable bonds is 11. The van der Waals surface area contributed by atoms with E-state index in [1.54, 1.807) is 27.7 Å². The Kier molecular flexibility index (Phi) is 8.41. The molecule has 4 aromatic rings. The van der Waals surface area contributed by atoms with Gasteiger partial charge in [0, 0.05) is 24.2 Å². The van der Waals surface area contributed by atoms with E-state index in [4.69, 9.17) is 9.47 Å². The highest BCUT2D eigenvalue weighted by atomic mass is 32.1. The predicted octanol–water partition coefficient (Wildman–Crippen LogP) is 4.39. The van der Waals surface area contributed by atoms with Crippen molar-refractivity contribution in [2.24, 2.45) is 5.92 Å². The Bertz CT molecular complexity index is 1650. The number of hydrogen-bond donors (Lipinski definition) is 0. The topological polar surface area (TPSA) is 110 Å². The fraction of sp³-hybridized carbons (Fsp3) is 0.464. The molecule has 3 aromatic heterocycles. The molecule has 1 aromatic carbocycles. The molecule has 0 aliphatic rings. The van der Waals surface area contributed by atoms with Crippen molar-refractivity contribution in [2.45, 2.75) is 66.2 Å². The summed E-state index contributed by atoms with van der Waals surface area (Å²) in [7, 11) is 1.47. The number of halogens is 1. The van der Waals surface area contributed by atoms with Crippen LogP contribution in [0, 0.1) is 18.7 Å². The van der Waals surface area contributed by atoms with Gasteiger partial charge in [-0.2, -0.15) is 10.2 Å². The maximum atomic E-state index is 14.4. The zero-order valence-corrected chi connectivity index (χ0v) is 24.5. The maximum Gasteiger partial charge on any atom is 0.333 e. The highest BCUT2D eigenvalue weighted by molar-refractivity contribution is 7.21. The Labute approximate surface area is 235 Å². The average molecular weight is 572 g/mol. The zero-order chi connectivity index (χ0) is 29.4. The van der Waals surface area contributed by atoms with Gasteiger partial charge in [0.15, 0.2) is 5.78 Å². The lowest BCUT2D eigenvalue weighted by Gasteiger charge is -2.28. The Morgan fingerprint density at radius 3 is 2.45 bits per heavy atom. The van der Waals surface area contributed by atoms with E-state index in [9.17, 15) is 18.8 Å². The monoisotopic (exact) mass is 571 g/mol. The van der Waals surface area contributed by atoms with Crippen LogP contribution in [0.25, 0.3) is 15.2 Å². The number of Topliss-reactive ketones (excluding diaryl/α,β-unsaturated/α-hetero) is 1. The minimum Gasteiger partial charge on any atom is -0.496 e. The van der Waals surface area contributed by atoms with Gasteiger partial charge in [0.25, 0.3) is 5.56 Å². The number of benzene rings is 1. The number of fused-ring (bicyclic) bond motifs is 1. The third-order valence-electron chi connectivity index (χ3n) is 6.88. The standard InChI is InChI=1S/C28H34FN5O5S/c1-8-39-21(19-14-18(29)9-10-20(19)38-7)15-32-26-23(17(4)25(40-26)34-30-11-12-31-34)24(36)33(27(32)37)28(5,6)22(35)13-16(2)3/h9-12,14,16,21H,8,13,15H2,1-7H3/t21-/m0/s1. The third kappa shape index (κ3) is 5.25. The van der Waals surface area contributed by atoms with Crippen LogP contribution >= 0.6 is 11.3 Å². The molecule has 3 heterocycles. The van der Waals surface area contributed by atoms with Crippen molar-refractivity contribution in [2.75, 3.05) is 13.7 Å². The molecule has 12 heteroatoms. The van der Waals surface area contributed by atoms with E-state index in [-0.39, 0.29) is 36.7 Å². The third-order valence-corrected chi connectivity index (χ3v) is 8.16. The van der Waals surface area contributed by atoms with Crippen LogP contribution in [0.4, 0.5) is 4.39 Å². The molecule has 0 spiro atoms. The van der Waals surface area contributed by atoms with Gasteiger partial charge in [-0.25, -0.2) is 13.8 Å². The minimum atomic E-state index is -1.43. The van der Waals surface area contributed by atoms with Gasteiger partial charge < -0.3 is 9.47 Å². The number of ether oxygens (including phenoxy) is 2. The summed E-state index contributed by atoms with van der Waals surface area (Å²) in [5.41, 5.74) is -1.67. The first-order valence-electron chi connectivity index (χ1n) is 13.1. The SMILES string of the molecule is CCO[C@@H](Cn1c(=O)n(C(C)(C)C(=O)CC(C)C)c(=O)c2c(C)c(-n3nccn3)sc21)c1cc(F)ccc1OC. The first-order chi connectivity index (χ1) is 18.9. The van der Waals surface area contributed by atoms with Crippen molar-refractivity contribution in [1.29, 1.82) is 0 Å². The molecule has 0 N–H and O–H groups in total. The van der Waals surface area contributed by atoms with Gasteiger partial charge in [-0.15, -0.1) is 4.80 Å². The van der Waals surface area contributed by atoms with E-state index in [1.807, 2.05) is 13.8 Å². The molecule has 0 unspecified atom stereocenters. The molecular formula is C28H34FN5O5S. The highest BCUT2D eigenvalue weighted by Gasteiger charge is 2.36. The summed E-state index contributed by atoms with van der Waals surface area (Å²) in [4.78, 5) is 43.4. The molecule has 0 radical (unpaired) electrons. The quantitative estimate of drug-likeness (QED) is 0.263. The second kappa shape index (κ2) is 11.5. The number of aryl methyl sites for hydroxylation is 1. The van der Waals surface area contributed by atoms with Crippen molar-refractivity contribution in [3.8, 4) is 10.8 Å². The zero-order valence-electron chi connectivity index (χ0n) is 23.7. The van der Waals surface area contributed by atoms with Gasteiger partial charge in [0.1, 0.15) is 33.0 Å². The molecule has 0 bridgehead atoms. The fourth-order valence-corrected chi connectivity index (χ4v) is 6.03. The fourth-order valence-electron chi connectivity index (χ4n) is 4.81. The summed E-state index contributed by atoms with van der Waals surface area (Å²) in [6, 6.07) is 4.09. The number of nitrogens with zero attached hydrogens (tertiary/aromatic N) is 5. The molecule has 1 atom stereocenters. The molecule has 0 fully saturated rings. The first-order valence-corrected chi connectivity index (χ1v) is 13.9. The van der Waals surface area contributed by atoms with Crippen molar-refractivity contribution >= 4 is 27.3 Å². The lowest BCUT2D eigenvalue weighted by atomic mass is 9.91. The van der Waals surface area contributed by atoms with E-state index in [2.05, 4.69) is 10.2 Å². The van der Waals surface area contributed by atoms with Gasteiger partial charge in [0.2, 0.25) is 0 Å². The van der Waals surface area contributed by atoms with Crippen LogP contribution in [-0.4, -0.2) is 43.6 Å². The second-order valence-corrected chi connectivity index (χ2v) is 11.5. The number of hydrogen-bond acceptors (Lipinski definition) is 8. The van der Waals surface area contributed by atoms with Crippen LogP contribution in [0.5, 0.6) is 5.75 Å². The molecule has 0 saturated carbocycles. The molecule has 0 aliphatic heterocycles. The molecule has 0 aliphatic carbocycles. The van der Waals surface area contributed by atoms with Gasteiger partial charge in [-0.05, 0) is 51.8 Å². The lowest BCUT2D eigenvalue weighted by molar-refractivity contribution is -0.127. The number of thiophene rings is 1. The average Bonchev–Trinajstić information content (AvgIpc) is 3.53. The van der Waals surface area contributed by atoms with Crippen molar-refractivity contribution in [3.63, 3.8) is 0 Å². The number of carbonyl (C=O) groups is 1. The van der Waals surface area contributed by atoms with E-state index < -0.39 is 28.7 Å². The summed E-state index contributed by atoms with van der Waals surface area (Å²) in [5.74, 6) is -0.282. The minimum absolute atomic E-state index is 0.0385. The Hall–Kier alpha value is -3.64. The smallest absolute Gasteiger partial charge is 0.333 e. The van der Waals surface area contributed by atoms with Gasteiger partial charge in [0.05, 0.1) is 31.4 Å². The van der Waals surface area contributed by atoms with Crippen molar-refractivity contribution in [1.82, 2.24) is 24.1 Å². The molecule has 214 valence electrons. The van der Waals surface area contributed by atoms with Crippen LogP contribution in [0.2, 0.25) is 0 Å². The Morgan fingerprint density at radius 2 is 1.85 bits per heavy atom. The molecule has 0 saturated heterocycles. The number of aromatic nitrogens is 5. The van der Waals surface area contributed by atoms with Gasteiger partial charge in [-0.3, -0.25) is 14.2 Å². The summed E-state index contributed by atoms with van der Waals surface area (Å²) >= 11 is 1.19. The molecular weight excluding hydrogens is 537 g/mol. The van der Waals surface area contributed by atoms with Gasteiger partial charge in [-0.1, -0.05) is 25.2 Å². The van der Waals surface area contributed by atoms with Crippen LogP contribution in [0.1, 0.15) is 58.3 Å². The Balaban J connectivity index is 2.04. The van der Waals surface area contributed by atoms with Crippen LogP contribution in [0.3, 0.4) is 0 Å². The van der Waals surface area contributed by atoms with E-state index >= 15 is 0 Å². The normalized spacial score (nSPS) is 12.8. The van der Waals surface area contributed by atoms with Crippen LogP contribution < -0.4 is 16.0 Å². The summed E-state index contributed by atoms with van der Waals surface area (Å²) < 4.78 is 28.3. The molecule has 40 heavy (non-hydrogen) atoms. The second-order valence-electron chi connectivity index (χ2n) is 10.5. The molecule has 0 amide bonds. The maximum absolute atomic E-state index is 14.4. The Morgan fingerprint density at radius 1 is 1.18 bits per heavy atom. The number of carbonyl (C=O) groups excluding carboxylic acids is 1. The first kappa shape index (κ1) is 29.3. The molecule has 4 rings (SSSR count). The van der Waals surface area contributed by atoms with Crippen molar-refractivity contribution < 1.29 is 18.7 Å². The number of methoxy groups -OCH3 is 1. The molecule has 10 nitrogen and oxygen atoms in total. The summed E-state index contributed by atoms with van der Waals surface area (Å²) in [6.07, 6.45) is 2.43. The summed E-state index contributed by atoms with van der Waals surface area (Å²) in [6.45, 7) is 10.7. The predicted molar refractivity (Wildman–Crippen MR) is 151 cm³/mol. The largest absolute Gasteiger partial charge is 0.496 e. The van der Waals surface area contributed by atoms with Crippen LogP contribution in [0.15, 0.2) is 40.2 Å². The van der Waals surface area contributed by atoms with E-state index in [0.717, 1.165) is 4.57 Å². The van der Waals surface area contributed by atoms with Gasteiger partial charge >= 0.3 is 5.69 Å².